The Morgan fingerprint density at radius 1 is 1.26 bits per heavy atom. The van der Waals surface area contributed by atoms with Gasteiger partial charge in [-0.1, -0.05) is 57.5 Å². The van der Waals surface area contributed by atoms with Crippen molar-refractivity contribution in [1.82, 2.24) is 4.90 Å². The number of hydrogen-bond donors (Lipinski definition) is 1. The maximum atomic E-state index is 10.7. The number of likely N-dealkylation sites (tertiary alicyclic amines) is 1. The van der Waals surface area contributed by atoms with Crippen molar-refractivity contribution in [1.29, 1.82) is 0 Å². The van der Waals surface area contributed by atoms with E-state index in [9.17, 15) is 5.11 Å². The third-order valence-electron chi connectivity index (χ3n) is 4.46. The second-order valence-corrected chi connectivity index (χ2v) is 6.15. The van der Waals surface area contributed by atoms with E-state index in [0.29, 0.717) is 5.92 Å². The molecule has 0 amide bonds. The van der Waals surface area contributed by atoms with Gasteiger partial charge in [-0.25, -0.2) is 0 Å². The first-order chi connectivity index (χ1) is 9.13. The lowest BCUT2D eigenvalue weighted by Crippen LogP contribution is -2.42. The van der Waals surface area contributed by atoms with Crippen LogP contribution in [0.3, 0.4) is 0 Å². The van der Waals surface area contributed by atoms with E-state index in [2.05, 4.69) is 25.7 Å². The number of aliphatic hydroxyl groups is 1. The Morgan fingerprint density at radius 3 is 2.47 bits per heavy atom. The summed E-state index contributed by atoms with van der Waals surface area (Å²) in [5, 5.41) is 10.7. The van der Waals surface area contributed by atoms with Crippen LogP contribution in [-0.4, -0.2) is 29.1 Å². The van der Waals surface area contributed by atoms with Gasteiger partial charge in [0.05, 0.1) is 6.10 Å². The van der Waals surface area contributed by atoms with Gasteiger partial charge in [0.2, 0.25) is 0 Å². The van der Waals surface area contributed by atoms with Gasteiger partial charge in [-0.3, -0.25) is 4.90 Å². The smallest absolute Gasteiger partial charge is 0.0947 e. The summed E-state index contributed by atoms with van der Waals surface area (Å²) >= 11 is 0. The molecule has 3 unspecified atom stereocenters. The quantitative estimate of drug-likeness (QED) is 0.877. The molecule has 3 atom stereocenters. The van der Waals surface area contributed by atoms with Gasteiger partial charge in [-0.2, -0.15) is 0 Å². The molecule has 19 heavy (non-hydrogen) atoms. The van der Waals surface area contributed by atoms with E-state index in [1.54, 1.807) is 0 Å². The lowest BCUT2D eigenvalue weighted by molar-refractivity contribution is 0.0331. The standard InChI is InChI=1S/C17H27NO/c1-4-14-10-11-18(12-14)16(13(2)3)17(19)15-8-6-5-7-9-15/h5-9,13-14,16-17,19H,4,10-12H2,1-3H3. The highest BCUT2D eigenvalue weighted by molar-refractivity contribution is 5.19. The summed E-state index contributed by atoms with van der Waals surface area (Å²) < 4.78 is 0. The molecule has 0 spiro atoms. The van der Waals surface area contributed by atoms with Crippen LogP contribution >= 0.6 is 0 Å². The van der Waals surface area contributed by atoms with Crippen LogP contribution in [0.25, 0.3) is 0 Å². The predicted molar refractivity (Wildman–Crippen MR) is 80.0 cm³/mol. The van der Waals surface area contributed by atoms with Gasteiger partial charge in [-0.15, -0.1) is 0 Å². The SMILES string of the molecule is CCC1CCN(C(C(C)C)C(O)c2ccccc2)C1. The van der Waals surface area contributed by atoms with E-state index in [0.717, 1.165) is 24.6 Å². The van der Waals surface area contributed by atoms with Gasteiger partial charge in [0.25, 0.3) is 0 Å². The zero-order valence-corrected chi connectivity index (χ0v) is 12.4. The minimum absolute atomic E-state index is 0.235. The van der Waals surface area contributed by atoms with E-state index < -0.39 is 0 Å². The van der Waals surface area contributed by atoms with E-state index in [-0.39, 0.29) is 12.1 Å². The topological polar surface area (TPSA) is 23.5 Å². The fraction of sp³-hybridized carbons (Fsp3) is 0.647. The molecule has 0 bridgehead atoms. The molecule has 0 radical (unpaired) electrons. The number of rotatable bonds is 5. The molecule has 2 nitrogen and oxygen atoms in total. The Hall–Kier alpha value is -0.860. The normalized spacial score (nSPS) is 23.7. The maximum Gasteiger partial charge on any atom is 0.0947 e. The van der Waals surface area contributed by atoms with E-state index >= 15 is 0 Å². The minimum Gasteiger partial charge on any atom is -0.387 e. The second kappa shape index (κ2) is 6.53. The summed E-state index contributed by atoms with van der Waals surface area (Å²) in [5.41, 5.74) is 1.04. The Morgan fingerprint density at radius 2 is 1.95 bits per heavy atom. The molecule has 1 fully saturated rings. The third-order valence-corrected chi connectivity index (χ3v) is 4.46. The molecule has 1 N–H and O–H groups in total. The van der Waals surface area contributed by atoms with E-state index in [1.807, 2.05) is 30.3 Å². The minimum atomic E-state index is -0.378. The van der Waals surface area contributed by atoms with Crippen molar-refractivity contribution in [3.05, 3.63) is 35.9 Å². The number of benzene rings is 1. The van der Waals surface area contributed by atoms with Crippen LogP contribution in [0, 0.1) is 11.8 Å². The lowest BCUT2D eigenvalue weighted by atomic mass is 9.92. The molecule has 0 aromatic heterocycles. The van der Waals surface area contributed by atoms with E-state index in [1.165, 1.54) is 12.8 Å². The van der Waals surface area contributed by atoms with Crippen LogP contribution < -0.4 is 0 Å². The zero-order valence-electron chi connectivity index (χ0n) is 12.4. The van der Waals surface area contributed by atoms with Crippen LogP contribution in [-0.2, 0) is 0 Å². The molecule has 1 heterocycles. The maximum absolute atomic E-state index is 10.7. The summed E-state index contributed by atoms with van der Waals surface area (Å²) in [6.07, 6.45) is 2.15. The Bertz CT molecular complexity index is 376. The zero-order chi connectivity index (χ0) is 13.8. The lowest BCUT2D eigenvalue weighted by Gasteiger charge is -2.35. The molecule has 1 saturated heterocycles. The molecular weight excluding hydrogens is 234 g/mol. The molecule has 1 aromatic carbocycles. The van der Waals surface area contributed by atoms with Crippen molar-refractivity contribution >= 4 is 0 Å². The monoisotopic (exact) mass is 261 g/mol. The second-order valence-electron chi connectivity index (χ2n) is 6.15. The van der Waals surface area contributed by atoms with Crippen molar-refractivity contribution in [2.45, 2.75) is 45.8 Å². The first-order valence-corrected chi connectivity index (χ1v) is 7.60. The molecule has 1 aromatic rings. The molecular formula is C17H27NO. The van der Waals surface area contributed by atoms with Crippen molar-refractivity contribution in [2.75, 3.05) is 13.1 Å². The molecule has 2 heteroatoms. The van der Waals surface area contributed by atoms with Gasteiger partial charge >= 0.3 is 0 Å². The number of hydrogen-bond acceptors (Lipinski definition) is 2. The van der Waals surface area contributed by atoms with E-state index in [4.69, 9.17) is 0 Å². The summed E-state index contributed by atoms with van der Waals surface area (Å²) in [6.45, 7) is 8.98. The molecule has 0 aliphatic carbocycles. The van der Waals surface area contributed by atoms with Gasteiger partial charge in [0, 0.05) is 12.6 Å². The van der Waals surface area contributed by atoms with Crippen LogP contribution in [0.1, 0.15) is 45.3 Å². The Labute approximate surface area is 117 Å². The van der Waals surface area contributed by atoms with Gasteiger partial charge in [0.15, 0.2) is 0 Å². The van der Waals surface area contributed by atoms with Crippen molar-refractivity contribution in [2.24, 2.45) is 11.8 Å². The first kappa shape index (κ1) is 14.5. The predicted octanol–water partition coefficient (Wildman–Crippen LogP) is 3.48. The summed E-state index contributed by atoms with van der Waals surface area (Å²) in [4.78, 5) is 2.50. The first-order valence-electron chi connectivity index (χ1n) is 7.60. The fourth-order valence-electron chi connectivity index (χ4n) is 3.30. The van der Waals surface area contributed by atoms with Crippen molar-refractivity contribution < 1.29 is 5.11 Å². The van der Waals surface area contributed by atoms with Gasteiger partial charge < -0.3 is 5.11 Å². The van der Waals surface area contributed by atoms with Crippen molar-refractivity contribution in [3.63, 3.8) is 0 Å². The summed E-state index contributed by atoms with van der Waals surface area (Å²) in [5.74, 6) is 1.27. The van der Waals surface area contributed by atoms with Crippen molar-refractivity contribution in [3.8, 4) is 0 Å². The molecule has 1 aliphatic heterocycles. The van der Waals surface area contributed by atoms with Gasteiger partial charge in [-0.05, 0) is 30.4 Å². The van der Waals surface area contributed by atoms with Crippen LogP contribution in [0.2, 0.25) is 0 Å². The molecule has 2 rings (SSSR count). The largest absolute Gasteiger partial charge is 0.387 e. The summed E-state index contributed by atoms with van der Waals surface area (Å²) in [7, 11) is 0. The average molecular weight is 261 g/mol. The number of nitrogens with zero attached hydrogens (tertiary/aromatic N) is 1. The third kappa shape index (κ3) is 3.37. The van der Waals surface area contributed by atoms with Crippen LogP contribution in [0.5, 0.6) is 0 Å². The van der Waals surface area contributed by atoms with Gasteiger partial charge in [0.1, 0.15) is 0 Å². The Kier molecular flexibility index (Phi) is 5.00. The molecule has 106 valence electrons. The molecule has 1 aliphatic rings. The molecule has 0 saturated carbocycles. The highest BCUT2D eigenvalue weighted by Gasteiger charge is 2.34. The van der Waals surface area contributed by atoms with Crippen LogP contribution in [0.15, 0.2) is 30.3 Å². The highest BCUT2D eigenvalue weighted by atomic mass is 16.3. The summed E-state index contributed by atoms with van der Waals surface area (Å²) in [6, 6.07) is 10.3. The average Bonchev–Trinajstić information content (AvgIpc) is 2.88. The Balaban J connectivity index is 2.12. The fourth-order valence-corrected chi connectivity index (χ4v) is 3.30. The van der Waals surface area contributed by atoms with Crippen LogP contribution in [0.4, 0.5) is 0 Å². The highest BCUT2D eigenvalue weighted by Crippen LogP contribution is 2.31. The number of aliphatic hydroxyl groups excluding tert-OH is 1.